The van der Waals surface area contributed by atoms with Crippen molar-refractivity contribution in [3.63, 3.8) is 0 Å². The predicted octanol–water partition coefficient (Wildman–Crippen LogP) is 6.57. The number of carbonyl (C=O) groups excluding carboxylic acids is 1. The van der Waals surface area contributed by atoms with Gasteiger partial charge in [0.05, 0.1) is 13.2 Å². The fraction of sp³-hybridized carbons (Fsp3) is 0.955. The lowest BCUT2D eigenvalue weighted by molar-refractivity contribution is 0.0527. The molecule has 0 saturated carbocycles. The average Bonchev–Trinajstić information content (AvgIpc) is 2.65. The summed E-state index contributed by atoms with van der Waals surface area (Å²) in [6.07, 6.45) is 11.9. The van der Waals surface area contributed by atoms with Crippen molar-refractivity contribution in [2.45, 2.75) is 111 Å². The Kier molecular flexibility index (Phi) is 17.6. The lowest BCUT2D eigenvalue weighted by atomic mass is 10.1. The van der Waals surface area contributed by atoms with Crippen molar-refractivity contribution < 1.29 is 23.1 Å². The lowest BCUT2D eigenvalue weighted by Gasteiger charge is -2.19. The van der Waals surface area contributed by atoms with Crippen molar-refractivity contribution in [3.05, 3.63) is 0 Å². The van der Waals surface area contributed by atoms with E-state index in [9.17, 15) is 9.36 Å². The molecule has 8 heteroatoms. The van der Waals surface area contributed by atoms with Gasteiger partial charge in [0.15, 0.2) is 0 Å². The smallest absolute Gasteiger partial charge is 0.407 e. The number of carbonyl (C=O) groups is 1. The third-order valence-electron chi connectivity index (χ3n) is 4.39. The van der Waals surface area contributed by atoms with Crippen molar-refractivity contribution in [3.8, 4) is 0 Å². The maximum Gasteiger partial charge on any atom is 0.407 e. The van der Waals surface area contributed by atoms with E-state index < -0.39 is 19.4 Å². The first kappa shape index (κ1) is 29.4. The minimum absolute atomic E-state index is 0.349. The minimum Gasteiger partial charge on any atom is -0.444 e. The summed E-state index contributed by atoms with van der Waals surface area (Å²) in [5, 5.41) is 5.69. The molecule has 1 amide bonds. The number of rotatable bonds is 19. The van der Waals surface area contributed by atoms with Crippen LogP contribution in [0, 0.1) is 0 Å². The van der Waals surface area contributed by atoms with Gasteiger partial charge in [-0.15, -0.1) is 0 Å². The number of nitrogens with one attached hydrogen (secondary N) is 2. The Labute approximate surface area is 185 Å². The van der Waals surface area contributed by atoms with Crippen LogP contribution in [-0.4, -0.2) is 38.0 Å². The van der Waals surface area contributed by atoms with E-state index >= 15 is 0 Å². The van der Waals surface area contributed by atoms with Crippen LogP contribution in [0.4, 0.5) is 4.79 Å². The van der Waals surface area contributed by atoms with Crippen LogP contribution in [0.15, 0.2) is 0 Å². The van der Waals surface area contributed by atoms with Gasteiger partial charge in [0.25, 0.3) is 0 Å². The van der Waals surface area contributed by atoms with Crippen LogP contribution in [0.3, 0.4) is 0 Å². The molecule has 1 atom stereocenters. The summed E-state index contributed by atoms with van der Waals surface area (Å²) in [7, 11) is -3.22. The second-order valence-electron chi connectivity index (χ2n) is 8.62. The average molecular weight is 451 g/mol. The summed E-state index contributed by atoms with van der Waals surface area (Å²) in [6, 6.07) is 0. The van der Waals surface area contributed by atoms with E-state index in [0.717, 1.165) is 32.1 Å². The Morgan fingerprint density at radius 3 is 1.97 bits per heavy atom. The van der Waals surface area contributed by atoms with Gasteiger partial charge in [-0.3, -0.25) is 9.05 Å². The van der Waals surface area contributed by atoms with Gasteiger partial charge in [0, 0.05) is 13.1 Å². The molecule has 0 spiro atoms. The first-order chi connectivity index (χ1) is 14.2. The molecule has 0 aromatic heterocycles. The van der Waals surface area contributed by atoms with Crippen LogP contribution in [0.2, 0.25) is 0 Å². The molecule has 0 rings (SSSR count). The molecule has 0 aromatic rings. The fourth-order valence-corrected chi connectivity index (χ4v) is 4.27. The summed E-state index contributed by atoms with van der Waals surface area (Å²) in [5.74, 6) is 0. The fourth-order valence-electron chi connectivity index (χ4n) is 2.87. The van der Waals surface area contributed by atoms with Gasteiger partial charge in [-0.05, 0) is 47.0 Å². The van der Waals surface area contributed by atoms with E-state index in [4.69, 9.17) is 13.8 Å². The Morgan fingerprint density at radius 1 is 0.800 bits per heavy atom. The molecule has 0 radical (unpaired) electrons. The number of ether oxygens (including phenoxy) is 1. The van der Waals surface area contributed by atoms with E-state index in [1.807, 2.05) is 27.7 Å². The molecule has 2 N–H and O–H groups in total. The topological polar surface area (TPSA) is 85.9 Å². The highest BCUT2D eigenvalue weighted by Gasteiger charge is 2.22. The lowest BCUT2D eigenvalue weighted by Crippen LogP contribution is -2.33. The SMILES string of the molecule is CCCCCCCCCCOP(=O)(NCCCCCNC(=O)OC(C)(C)C)OCC. The molecule has 0 aliphatic carbocycles. The van der Waals surface area contributed by atoms with Crippen LogP contribution < -0.4 is 10.4 Å². The molecule has 0 bridgehead atoms. The normalized spacial score (nSPS) is 13.8. The summed E-state index contributed by atoms with van der Waals surface area (Å²) in [6.45, 7) is 11.5. The summed E-state index contributed by atoms with van der Waals surface area (Å²) in [4.78, 5) is 11.6. The first-order valence-corrected chi connectivity index (χ1v) is 13.4. The van der Waals surface area contributed by atoms with Gasteiger partial charge >= 0.3 is 13.8 Å². The number of hydrogen-bond donors (Lipinski definition) is 2. The minimum atomic E-state index is -3.22. The number of alkyl carbamates (subject to hydrolysis) is 1. The summed E-state index contributed by atoms with van der Waals surface area (Å²) < 4.78 is 28.8. The van der Waals surface area contributed by atoms with Crippen LogP contribution in [0.5, 0.6) is 0 Å². The summed E-state index contributed by atoms with van der Waals surface area (Å²) >= 11 is 0. The Bertz CT molecular complexity index is 469. The second-order valence-corrected chi connectivity index (χ2v) is 10.4. The molecular weight excluding hydrogens is 403 g/mol. The van der Waals surface area contributed by atoms with Crippen LogP contribution in [0.1, 0.15) is 105 Å². The molecule has 0 aromatic carbocycles. The molecule has 0 aliphatic heterocycles. The highest BCUT2D eigenvalue weighted by Crippen LogP contribution is 2.43. The third kappa shape index (κ3) is 19.3. The number of unbranched alkanes of at least 4 members (excludes halogenated alkanes) is 9. The Morgan fingerprint density at radius 2 is 1.37 bits per heavy atom. The zero-order valence-electron chi connectivity index (χ0n) is 20.1. The highest BCUT2D eigenvalue weighted by molar-refractivity contribution is 7.51. The highest BCUT2D eigenvalue weighted by atomic mass is 31.2. The second kappa shape index (κ2) is 18.0. The molecule has 7 nitrogen and oxygen atoms in total. The van der Waals surface area contributed by atoms with E-state index in [2.05, 4.69) is 17.3 Å². The molecule has 1 unspecified atom stereocenters. The first-order valence-electron chi connectivity index (χ1n) is 11.8. The molecule has 0 aliphatic rings. The molecule has 0 saturated heterocycles. The van der Waals surface area contributed by atoms with Crippen LogP contribution >= 0.6 is 7.75 Å². The maximum atomic E-state index is 12.7. The summed E-state index contributed by atoms with van der Waals surface area (Å²) in [5.41, 5.74) is -0.483. The van der Waals surface area contributed by atoms with Gasteiger partial charge in [-0.1, -0.05) is 58.3 Å². The molecular formula is C22H47N2O5P. The van der Waals surface area contributed by atoms with Crippen LogP contribution in [-0.2, 0) is 18.3 Å². The third-order valence-corrected chi connectivity index (χ3v) is 6.12. The van der Waals surface area contributed by atoms with Gasteiger partial charge in [-0.2, -0.15) is 0 Å². The Balaban J connectivity index is 3.79. The van der Waals surface area contributed by atoms with Crippen LogP contribution in [0.25, 0.3) is 0 Å². The molecule has 0 fully saturated rings. The zero-order valence-corrected chi connectivity index (χ0v) is 21.0. The van der Waals surface area contributed by atoms with E-state index in [1.54, 1.807) is 0 Å². The largest absolute Gasteiger partial charge is 0.444 e. The van der Waals surface area contributed by atoms with Crippen molar-refractivity contribution in [2.24, 2.45) is 0 Å². The molecule has 30 heavy (non-hydrogen) atoms. The zero-order chi connectivity index (χ0) is 22.7. The van der Waals surface area contributed by atoms with Gasteiger partial charge in [0.1, 0.15) is 5.60 Å². The predicted molar refractivity (Wildman–Crippen MR) is 124 cm³/mol. The Hall–Kier alpha value is -0.620. The molecule has 0 heterocycles. The van der Waals surface area contributed by atoms with Crippen molar-refractivity contribution in [2.75, 3.05) is 26.3 Å². The van der Waals surface area contributed by atoms with Gasteiger partial charge in [-0.25, -0.2) is 14.4 Å². The maximum absolute atomic E-state index is 12.7. The van der Waals surface area contributed by atoms with Gasteiger partial charge in [0.2, 0.25) is 0 Å². The number of amides is 1. The van der Waals surface area contributed by atoms with E-state index in [-0.39, 0.29) is 0 Å². The monoisotopic (exact) mass is 450 g/mol. The van der Waals surface area contributed by atoms with Crippen molar-refractivity contribution in [1.29, 1.82) is 0 Å². The van der Waals surface area contributed by atoms with E-state index in [1.165, 1.54) is 38.5 Å². The van der Waals surface area contributed by atoms with E-state index in [0.29, 0.717) is 26.3 Å². The molecule has 180 valence electrons. The van der Waals surface area contributed by atoms with Gasteiger partial charge < -0.3 is 10.1 Å². The standard InChI is InChI=1S/C22H47N2O5P/c1-6-8-9-10-11-12-13-17-20-28-30(26,27-7-2)24-19-16-14-15-18-23-21(25)29-22(3,4)5/h6-20H2,1-5H3,(H,23,25)(H,24,26). The number of hydrogen-bond acceptors (Lipinski definition) is 5. The quantitative estimate of drug-likeness (QED) is 0.171. The van der Waals surface area contributed by atoms with Crippen molar-refractivity contribution >= 4 is 13.8 Å². The van der Waals surface area contributed by atoms with Crippen molar-refractivity contribution in [1.82, 2.24) is 10.4 Å².